The highest BCUT2D eigenvalue weighted by atomic mass is 79.9. The second-order valence-corrected chi connectivity index (χ2v) is 8.33. The van der Waals surface area contributed by atoms with Crippen LogP contribution in [0.4, 0.5) is 10.5 Å². The largest absolute Gasteiger partial charge is 0.415 e. The number of fused-ring (bicyclic) bond motifs is 1. The number of amides is 3. The summed E-state index contributed by atoms with van der Waals surface area (Å²) in [7, 11) is 0. The van der Waals surface area contributed by atoms with Gasteiger partial charge in [0, 0.05) is 16.9 Å². The van der Waals surface area contributed by atoms with E-state index in [1.807, 2.05) is 18.2 Å². The molecule has 6 nitrogen and oxygen atoms in total. The summed E-state index contributed by atoms with van der Waals surface area (Å²) in [5.41, 5.74) is 0.551. The van der Waals surface area contributed by atoms with Gasteiger partial charge in [-0.2, -0.15) is 0 Å². The van der Waals surface area contributed by atoms with Crippen molar-refractivity contribution in [1.29, 1.82) is 0 Å². The Morgan fingerprint density at radius 2 is 1.62 bits per heavy atom. The second kappa shape index (κ2) is 6.84. The quantitative estimate of drug-likeness (QED) is 0.515. The highest BCUT2D eigenvalue weighted by Gasteiger charge is 2.60. The molecule has 3 aliphatic heterocycles. The first kappa shape index (κ1) is 18.1. The Morgan fingerprint density at radius 3 is 2.34 bits per heavy atom. The van der Waals surface area contributed by atoms with Crippen molar-refractivity contribution in [2.24, 2.45) is 17.8 Å². The van der Waals surface area contributed by atoms with E-state index in [9.17, 15) is 14.4 Å². The molecule has 2 bridgehead atoms. The van der Waals surface area contributed by atoms with Crippen molar-refractivity contribution in [3.8, 4) is 5.75 Å². The fourth-order valence-corrected chi connectivity index (χ4v) is 4.79. The summed E-state index contributed by atoms with van der Waals surface area (Å²) >= 11 is 3.37. The maximum absolute atomic E-state index is 13.2. The molecular weight excluding hydrogens is 436 g/mol. The lowest BCUT2D eigenvalue weighted by molar-refractivity contribution is -0.125. The van der Waals surface area contributed by atoms with Gasteiger partial charge >= 0.3 is 6.09 Å². The van der Waals surface area contributed by atoms with Crippen LogP contribution in [-0.2, 0) is 9.59 Å². The average molecular weight is 453 g/mol. The minimum Gasteiger partial charge on any atom is -0.410 e. The molecule has 0 aromatic heterocycles. The highest BCUT2D eigenvalue weighted by molar-refractivity contribution is 9.10. The Balaban J connectivity index is 1.43. The van der Waals surface area contributed by atoms with Crippen molar-refractivity contribution in [2.75, 3.05) is 11.4 Å². The fourth-order valence-electron chi connectivity index (χ4n) is 4.53. The van der Waals surface area contributed by atoms with Crippen molar-refractivity contribution >= 4 is 39.5 Å². The zero-order valence-corrected chi connectivity index (χ0v) is 16.9. The van der Waals surface area contributed by atoms with Gasteiger partial charge in [0.25, 0.3) is 0 Å². The number of carbonyl (C=O) groups is 3. The smallest absolute Gasteiger partial charge is 0.410 e. The first-order valence-corrected chi connectivity index (χ1v) is 10.2. The van der Waals surface area contributed by atoms with Crippen LogP contribution in [0.5, 0.6) is 5.75 Å². The van der Waals surface area contributed by atoms with Crippen LogP contribution >= 0.6 is 15.9 Å². The van der Waals surface area contributed by atoms with Gasteiger partial charge in [-0.25, -0.2) is 9.69 Å². The van der Waals surface area contributed by atoms with Gasteiger partial charge in [-0.05, 0) is 36.4 Å². The number of anilines is 1. The molecule has 7 heteroatoms. The molecule has 6 rings (SSSR count). The van der Waals surface area contributed by atoms with Crippen molar-refractivity contribution in [3.05, 3.63) is 71.2 Å². The molecule has 2 fully saturated rings. The predicted molar refractivity (Wildman–Crippen MR) is 109 cm³/mol. The Labute approximate surface area is 175 Å². The van der Waals surface area contributed by atoms with Crippen molar-refractivity contribution in [3.63, 3.8) is 0 Å². The summed E-state index contributed by atoms with van der Waals surface area (Å²) in [5, 5.41) is 0. The minimum atomic E-state index is -0.585. The van der Waals surface area contributed by atoms with Gasteiger partial charge in [0.2, 0.25) is 11.8 Å². The van der Waals surface area contributed by atoms with Crippen molar-refractivity contribution in [2.45, 2.75) is 6.04 Å². The third-order valence-corrected chi connectivity index (χ3v) is 6.35. The van der Waals surface area contributed by atoms with Crippen LogP contribution in [0.25, 0.3) is 0 Å². The SMILES string of the molecule is O=C1C2C3C=CC(C2C(=O)N1c1ccc(Br)cc1)N(C(=O)Oc1ccccc1)C3. The van der Waals surface area contributed by atoms with E-state index in [1.165, 1.54) is 4.90 Å². The van der Waals surface area contributed by atoms with Crippen molar-refractivity contribution in [1.82, 2.24) is 4.90 Å². The molecule has 1 aliphatic carbocycles. The standard InChI is InChI=1S/C22H17BrN2O4/c23-14-7-9-15(10-8-14)25-20(26)18-13-6-11-17(19(18)21(25)27)24(12-13)22(28)29-16-4-2-1-3-5-16/h1-11,13,17-19H,12H2. The molecule has 0 radical (unpaired) electrons. The van der Waals surface area contributed by atoms with E-state index < -0.39 is 24.0 Å². The van der Waals surface area contributed by atoms with Gasteiger partial charge < -0.3 is 4.74 Å². The summed E-state index contributed by atoms with van der Waals surface area (Å²) in [6.07, 6.45) is 3.31. The van der Waals surface area contributed by atoms with Gasteiger partial charge in [0.1, 0.15) is 5.75 Å². The Hall–Kier alpha value is -2.93. The van der Waals surface area contributed by atoms with Crippen LogP contribution in [0.3, 0.4) is 0 Å². The number of para-hydroxylation sites is 1. The molecule has 4 aliphatic rings. The highest BCUT2D eigenvalue weighted by Crippen LogP contribution is 2.46. The van der Waals surface area contributed by atoms with Crippen LogP contribution in [-0.4, -0.2) is 35.4 Å². The molecule has 0 N–H and O–H groups in total. The lowest BCUT2D eigenvalue weighted by atomic mass is 9.70. The van der Waals surface area contributed by atoms with E-state index in [-0.39, 0.29) is 17.7 Å². The Morgan fingerprint density at radius 1 is 0.931 bits per heavy atom. The number of imide groups is 1. The number of hydrogen-bond donors (Lipinski definition) is 0. The molecule has 2 saturated heterocycles. The monoisotopic (exact) mass is 452 g/mol. The number of carbonyl (C=O) groups excluding carboxylic acids is 3. The molecule has 0 saturated carbocycles. The summed E-state index contributed by atoms with van der Waals surface area (Å²) in [6.45, 7) is 0.362. The molecule has 29 heavy (non-hydrogen) atoms. The Kier molecular flexibility index (Phi) is 4.28. The normalized spacial score (nSPS) is 27.3. The second-order valence-electron chi connectivity index (χ2n) is 7.41. The number of rotatable bonds is 2. The molecule has 4 unspecified atom stereocenters. The molecule has 3 heterocycles. The van der Waals surface area contributed by atoms with Gasteiger partial charge in [0.05, 0.1) is 23.6 Å². The zero-order valence-electron chi connectivity index (χ0n) is 15.3. The lowest BCUT2D eigenvalue weighted by Crippen LogP contribution is -2.58. The van der Waals surface area contributed by atoms with E-state index in [4.69, 9.17) is 4.74 Å². The van der Waals surface area contributed by atoms with E-state index in [0.717, 1.165) is 4.47 Å². The maximum Gasteiger partial charge on any atom is 0.415 e. The molecular formula is C22H17BrN2O4. The molecule has 0 spiro atoms. The summed E-state index contributed by atoms with van der Waals surface area (Å²) in [6, 6.07) is 15.4. The Bertz CT molecular complexity index is 1020. The summed E-state index contributed by atoms with van der Waals surface area (Å²) < 4.78 is 6.35. The fraction of sp³-hybridized carbons (Fsp3) is 0.227. The average Bonchev–Trinajstić information content (AvgIpc) is 3.02. The van der Waals surface area contributed by atoms with Gasteiger partial charge in [-0.1, -0.05) is 46.3 Å². The number of hydrogen-bond acceptors (Lipinski definition) is 4. The first-order chi connectivity index (χ1) is 14.0. The molecule has 2 aromatic carbocycles. The zero-order chi connectivity index (χ0) is 20.1. The van der Waals surface area contributed by atoms with E-state index in [2.05, 4.69) is 15.9 Å². The molecule has 3 amide bonds. The van der Waals surface area contributed by atoms with Crippen LogP contribution in [0.1, 0.15) is 0 Å². The third kappa shape index (κ3) is 2.88. The number of halogens is 1. The van der Waals surface area contributed by atoms with Gasteiger partial charge in [0.15, 0.2) is 0 Å². The van der Waals surface area contributed by atoms with E-state index in [0.29, 0.717) is 18.0 Å². The lowest BCUT2D eigenvalue weighted by Gasteiger charge is -2.45. The summed E-state index contributed by atoms with van der Waals surface area (Å²) in [5.74, 6) is -1.24. The molecule has 2 aromatic rings. The number of benzene rings is 2. The minimum absolute atomic E-state index is 0.197. The van der Waals surface area contributed by atoms with Crippen LogP contribution < -0.4 is 9.64 Å². The van der Waals surface area contributed by atoms with Crippen LogP contribution in [0, 0.1) is 17.8 Å². The van der Waals surface area contributed by atoms with Crippen LogP contribution in [0.15, 0.2) is 71.2 Å². The first-order valence-electron chi connectivity index (χ1n) is 9.40. The summed E-state index contributed by atoms with van der Waals surface area (Å²) in [4.78, 5) is 42.0. The van der Waals surface area contributed by atoms with Crippen LogP contribution in [0.2, 0.25) is 0 Å². The van der Waals surface area contributed by atoms with E-state index in [1.54, 1.807) is 53.4 Å². The molecule has 4 atom stereocenters. The van der Waals surface area contributed by atoms with Crippen molar-refractivity contribution < 1.29 is 19.1 Å². The van der Waals surface area contributed by atoms with E-state index >= 15 is 0 Å². The predicted octanol–water partition coefficient (Wildman–Crippen LogP) is 3.62. The number of ether oxygens (including phenoxy) is 1. The number of piperidine rings is 1. The maximum atomic E-state index is 13.2. The van der Waals surface area contributed by atoms with Gasteiger partial charge in [-0.3, -0.25) is 14.5 Å². The molecule has 146 valence electrons. The number of nitrogens with zero attached hydrogens (tertiary/aromatic N) is 2. The van der Waals surface area contributed by atoms with Gasteiger partial charge in [-0.15, -0.1) is 0 Å². The third-order valence-electron chi connectivity index (χ3n) is 5.82. The topological polar surface area (TPSA) is 66.9 Å².